The van der Waals surface area contributed by atoms with Gasteiger partial charge in [-0.25, -0.2) is 0 Å². The Morgan fingerprint density at radius 2 is 1.28 bits per heavy atom. The molecule has 0 saturated carbocycles. The number of aromatic nitrogens is 2. The number of ether oxygens (including phenoxy) is 1. The fraction of sp³-hybridized carbons (Fsp3) is 0.0455. The van der Waals surface area contributed by atoms with Crippen LogP contribution in [0.5, 0.6) is 5.75 Å². The normalized spacial score (nSPS) is 10.6. The van der Waals surface area contributed by atoms with Crippen molar-refractivity contribution in [2.75, 3.05) is 7.11 Å². The highest BCUT2D eigenvalue weighted by Gasteiger charge is 2.17. The van der Waals surface area contributed by atoms with Crippen molar-refractivity contribution >= 4 is 0 Å². The molecule has 3 heteroatoms. The van der Waals surface area contributed by atoms with Gasteiger partial charge in [-0.2, -0.15) is 5.10 Å². The molecule has 1 aromatic heterocycles. The van der Waals surface area contributed by atoms with Crippen molar-refractivity contribution < 1.29 is 4.74 Å². The number of benzene rings is 3. The lowest BCUT2D eigenvalue weighted by molar-refractivity contribution is 0.415. The molecule has 0 aliphatic heterocycles. The SMILES string of the molecule is COc1ccc(-c2[nH]nc(-c3ccccc3)c2-c2ccccc2)cc1. The fourth-order valence-electron chi connectivity index (χ4n) is 3.00. The zero-order chi connectivity index (χ0) is 17.1. The van der Waals surface area contributed by atoms with E-state index in [-0.39, 0.29) is 0 Å². The first-order valence-electron chi connectivity index (χ1n) is 8.20. The number of methoxy groups -OCH3 is 1. The minimum atomic E-state index is 0.841. The van der Waals surface area contributed by atoms with Crippen molar-refractivity contribution in [1.29, 1.82) is 0 Å². The van der Waals surface area contributed by atoms with Crippen LogP contribution in [0.15, 0.2) is 84.9 Å². The molecule has 0 fully saturated rings. The minimum Gasteiger partial charge on any atom is -0.497 e. The van der Waals surface area contributed by atoms with Crippen LogP contribution in [0.1, 0.15) is 0 Å². The van der Waals surface area contributed by atoms with Gasteiger partial charge in [0.1, 0.15) is 11.4 Å². The zero-order valence-electron chi connectivity index (χ0n) is 13.9. The van der Waals surface area contributed by atoms with Gasteiger partial charge >= 0.3 is 0 Å². The summed E-state index contributed by atoms with van der Waals surface area (Å²) in [6.07, 6.45) is 0. The number of nitrogens with zero attached hydrogens (tertiary/aromatic N) is 1. The number of hydrogen-bond acceptors (Lipinski definition) is 2. The first kappa shape index (κ1) is 15.2. The van der Waals surface area contributed by atoms with Crippen molar-refractivity contribution in [2.24, 2.45) is 0 Å². The van der Waals surface area contributed by atoms with Crippen LogP contribution in [-0.4, -0.2) is 17.3 Å². The Bertz CT molecular complexity index is 958. The van der Waals surface area contributed by atoms with Gasteiger partial charge in [0.15, 0.2) is 0 Å². The van der Waals surface area contributed by atoms with Crippen LogP contribution in [0, 0.1) is 0 Å². The number of hydrogen-bond donors (Lipinski definition) is 1. The molecular weight excluding hydrogens is 308 g/mol. The first-order valence-corrected chi connectivity index (χ1v) is 8.20. The van der Waals surface area contributed by atoms with Crippen LogP contribution in [0.25, 0.3) is 33.6 Å². The van der Waals surface area contributed by atoms with Crippen molar-refractivity contribution in [3.63, 3.8) is 0 Å². The van der Waals surface area contributed by atoms with E-state index in [9.17, 15) is 0 Å². The average Bonchev–Trinajstić information content (AvgIpc) is 3.14. The second kappa shape index (κ2) is 6.65. The summed E-state index contributed by atoms with van der Waals surface area (Å²) in [6.45, 7) is 0. The number of H-pyrrole nitrogens is 1. The standard InChI is InChI=1S/C22H18N2O/c1-25-19-14-12-18(13-15-19)22-20(16-8-4-2-5-9-16)21(23-24-22)17-10-6-3-7-11-17/h2-15H,1H3,(H,23,24). The second-order valence-corrected chi connectivity index (χ2v) is 5.78. The van der Waals surface area contributed by atoms with Gasteiger partial charge in [0, 0.05) is 16.7 Å². The van der Waals surface area contributed by atoms with Crippen molar-refractivity contribution in [2.45, 2.75) is 0 Å². The Morgan fingerprint density at radius 1 is 0.680 bits per heavy atom. The molecule has 122 valence electrons. The molecule has 4 rings (SSSR count). The molecule has 0 amide bonds. The van der Waals surface area contributed by atoms with E-state index in [0.717, 1.165) is 39.4 Å². The zero-order valence-corrected chi connectivity index (χ0v) is 13.9. The topological polar surface area (TPSA) is 37.9 Å². The highest BCUT2D eigenvalue weighted by Crippen LogP contribution is 2.38. The van der Waals surface area contributed by atoms with Gasteiger partial charge in [-0.3, -0.25) is 5.10 Å². The van der Waals surface area contributed by atoms with Gasteiger partial charge in [0.05, 0.1) is 12.8 Å². The summed E-state index contributed by atoms with van der Waals surface area (Å²) in [7, 11) is 1.67. The Balaban J connectivity index is 1.91. The van der Waals surface area contributed by atoms with Crippen molar-refractivity contribution in [3.05, 3.63) is 84.9 Å². The summed E-state index contributed by atoms with van der Waals surface area (Å²) in [5, 5.41) is 7.86. The van der Waals surface area contributed by atoms with E-state index in [1.807, 2.05) is 48.5 Å². The van der Waals surface area contributed by atoms with Gasteiger partial charge in [-0.05, 0) is 29.8 Å². The molecule has 1 N–H and O–H groups in total. The molecule has 0 unspecified atom stereocenters. The van der Waals surface area contributed by atoms with E-state index in [1.54, 1.807) is 7.11 Å². The summed E-state index contributed by atoms with van der Waals surface area (Å²) >= 11 is 0. The maximum atomic E-state index is 5.27. The van der Waals surface area contributed by atoms with Crippen LogP contribution >= 0.6 is 0 Å². The highest BCUT2D eigenvalue weighted by molar-refractivity contribution is 5.91. The Labute approximate surface area is 146 Å². The van der Waals surface area contributed by atoms with Crippen molar-refractivity contribution in [1.82, 2.24) is 10.2 Å². The molecule has 4 aromatic rings. The molecule has 0 bridgehead atoms. The Kier molecular flexibility index (Phi) is 4.05. The molecule has 1 heterocycles. The molecule has 0 aliphatic carbocycles. The molecule has 0 atom stereocenters. The summed E-state index contributed by atoms with van der Waals surface area (Å²) in [4.78, 5) is 0. The molecule has 0 aliphatic rings. The summed E-state index contributed by atoms with van der Waals surface area (Å²) in [6, 6.07) is 28.6. The average molecular weight is 326 g/mol. The summed E-state index contributed by atoms with van der Waals surface area (Å²) in [5.41, 5.74) is 6.38. The monoisotopic (exact) mass is 326 g/mol. The minimum absolute atomic E-state index is 0.841. The first-order chi connectivity index (χ1) is 12.4. The van der Waals surface area contributed by atoms with Gasteiger partial charge in [-0.15, -0.1) is 0 Å². The molecule has 3 nitrogen and oxygen atoms in total. The molecule has 25 heavy (non-hydrogen) atoms. The van der Waals surface area contributed by atoms with E-state index < -0.39 is 0 Å². The maximum absolute atomic E-state index is 5.27. The number of aromatic amines is 1. The largest absolute Gasteiger partial charge is 0.497 e. The predicted molar refractivity (Wildman–Crippen MR) is 101 cm³/mol. The van der Waals surface area contributed by atoms with Gasteiger partial charge < -0.3 is 4.74 Å². The fourth-order valence-corrected chi connectivity index (χ4v) is 3.00. The third-order valence-electron chi connectivity index (χ3n) is 4.25. The van der Waals surface area contributed by atoms with E-state index in [4.69, 9.17) is 4.74 Å². The second-order valence-electron chi connectivity index (χ2n) is 5.78. The summed E-state index contributed by atoms with van der Waals surface area (Å²) in [5.74, 6) is 0.841. The van der Waals surface area contributed by atoms with E-state index in [2.05, 4.69) is 46.6 Å². The Hall–Kier alpha value is -3.33. The molecule has 3 aromatic carbocycles. The lowest BCUT2D eigenvalue weighted by Crippen LogP contribution is -1.86. The molecule has 0 saturated heterocycles. The lowest BCUT2D eigenvalue weighted by Gasteiger charge is -2.08. The quantitative estimate of drug-likeness (QED) is 0.544. The van der Waals surface area contributed by atoms with Gasteiger partial charge in [0.25, 0.3) is 0 Å². The molecule has 0 radical (unpaired) electrons. The lowest BCUT2D eigenvalue weighted by atomic mass is 9.96. The number of nitrogens with one attached hydrogen (secondary N) is 1. The van der Waals surface area contributed by atoms with Crippen LogP contribution < -0.4 is 4.74 Å². The third kappa shape index (κ3) is 2.92. The predicted octanol–water partition coefficient (Wildman–Crippen LogP) is 5.42. The van der Waals surface area contributed by atoms with Crippen LogP contribution in [-0.2, 0) is 0 Å². The van der Waals surface area contributed by atoms with E-state index in [1.165, 1.54) is 0 Å². The van der Waals surface area contributed by atoms with Gasteiger partial charge in [-0.1, -0.05) is 60.7 Å². The van der Waals surface area contributed by atoms with Gasteiger partial charge in [0.2, 0.25) is 0 Å². The van der Waals surface area contributed by atoms with Crippen LogP contribution in [0.4, 0.5) is 0 Å². The maximum Gasteiger partial charge on any atom is 0.118 e. The highest BCUT2D eigenvalue weighted by atomic mass is 16.5. The van der Waals surface area contributed by atoms with Crippen LogP contribution in [0.3, 0.4) is 0 Å². The Morgan fingerprint density at radius 3 is 1.88 bits per heavy atom. The molecular formula is C22H18N2O. The number of rotatable bonds is 4. The summed E-state index contributed by atoms with van der Waals surface area (Å²) < 4.78 is 5.27. The van der Waals surface area contributed by atoms with E-state index >= 15 is 0 Å². The van der Waals surface area contributed by atoms with E-state index in [0.29, 0.717) is 0 Å². The smallest absolute Gasteiger partial charge is 0.118 e. The molecule has 0 spiro atoms. The third-order valence-corrected chi connectivity index (χ3v) is 4.25. The van der Waals surface area contributed by atoms with Crippen molar-refractivity contribution in [3.8, 4) is 39.4 Å². The van der Waals surface area contributed by atoms with Crippen LogP contribution in [0.2, 0.25) is 0 Å².